The van der Waals surface area contributed by atoms with Gasteiger partial charge in [-0.25, -0.2) is 4.98 Å². The van der Waals surface area contributed by atoms with Gasteiger partial charge >= 0.3 is 0 Å². The van der Waals surface area contributed by atoms with Crippen molar-refractivity contribution < 1.29 is 4.79 Å². The van der Waals surface area contributed by atoms with Crippen molar-refractivity contribution in [2.24, 2.45) is 0 Å². The van der Waals surface area contributed by atoms with E-state index in [0.717, 1.165) is 16.9 Å². The number of aryl methyl sites for hydroxylation is 1. The lowest BCUT2D eigenvalue weighted by Crippen LogP contribution is -2.15. The van der Waals surface area contributed by atoms with Gasteiger partial charge in [-0.1, -0.05) is 13.8 Å². The Morgan fingerprint density at radius 1 is 1.33 bits per heavy atom. The zero-order valence-electron chi connectivity index (χ0n) is 13.1. The fourth-order valence-electron chi connectivity index (χ4n) is 1.88. The number of nitrogens with zero attached hydrogens (tertiary/aromatic N) is 3. The number of amides is 1. The Hall–Kier alpha value is -2.37. The van der Waals surface area contributed by atoms with E-state index >= 15 is 0 Å². The second-order valence-corrected chi connectivity index (χ2v) is 5.55. The molecule has 2 N–H and O–H groups in total. The van der Waals surface area contributed by atoms with Crippen LogP contribution < -0.4 is 10.2 Å². The van der Waals surface area contributed by atoms with Crippen LogP contribution in [0.15, 0.2) is 18.2 Å². The first-order valence-electron chi connectivity index (χ1n) is 6.90. The molecule has 112 valence electrons. The molecule has 1 amide bonds. The van der Waals surface area contributed by atoms with Crippen molar-refractivity contribution in [2.75, 3.05) is 24.3 Å². The van der Waals surface area contributed by atoms with Gasteiger partial charge < -0.3 is 10.2 Å². The maximum absolute atomic E-state index is 12.2. The number of carbonyl (C=O) groups is 1. The minimum Gasteiger partial charge on any atom is -0.378 e. The molecule has 0 saturated heterocycles. The second-order valence-electron chi connectivity index (χ2n) is 5.55. The van der Waals surface area contributed by atoms with E-state index in [1.807, 2.05) is 58.0 Å². The monoisotopic (exact) mass is 287 g/mol. The van der Waals surface area contributed by atoms with Crippen molar-refractivity contribution in [3.05, 3.63) is 35.4 Å². The van der Waals surface area contributed by atoms with Crippen molar-refractivity contribution in [2.45, 2.75) is 26.7 Å². The molecule has 0 bridgehead atoms. The van der Waals surface area contributed by atoms with Crippen LogP contribution in [-0.4, -0.2) is 35.2 Å². The smallest absolute Gasteiger partial charge is 0.295 e. The van der Waals surface area contributed by atoms with Gasteiger partial charge in [0, 0.05) is 31.4 Å². The first kappa shape index (κ1) is 15.0. The van der Waals surface area contributed by atoms with E-state index in [0.29, 0.717) is 5.82 Å². The first-order chi connectivity index (χ1) is 9.88. The summed E-state index contributed by atoms with van der Waals surface area (Å²) in [5, 5.41) is 9.58. The topological polar surface area (TPSA) is 73.9 Å². The van der Waals surface area contributed by atoms with Crippen molar-refractivity contribution in [1.29, 1.82) is 0 Å². The fourth-order valence-corrected chi connectivity index (χ4v) is 1.88. The van der Waals surface area contributed by atoms with Crippen LogP contribution in [0.2, 0.25) is 0 Å². The van der Waals surface area contributed by atoms with Crippen molar-refractivity contribution >= 4 is 17.3 Å². The number of rotatable bonds is 4. The third kappa shape index (κ3) is 3.39. The van der Waals surface area contributed by atoms with E-state index in [9.17, 15) is 4.79 Å². The Kier molecular flexibility index (Phi) is 4.26. The molecule has 0 aliphatic heterocycles. The largest absolute Gasteiger partial charge is 0.378 e. The molecular weight excluding hydrogens is 266 g/mol. The van der Waals surface area contributed by atoms with Gasteiger partial charge in [0.25, 0.3) is 5.91 Å². The quantitative estimate of drug-likeness (QED) is 0.906. The third-order valence-electron chi connectivity index (χ3n) is 3.23. The van der Waals surface area contributed by atoms with Crippen LogP contribution in [0.5, 0.6) is 0 Å². The van der Waals surface area contributed by atoms with E-state index in [-0.39, 0.29) is 17.6 Å². The molecule has 2 aromatic rings. The summed E-state index contributed by atoms with van der Waals surface area (Å²) in [6.45, 7) is 5.94. The fraction of sp³-hybridized carbons (Fsp3) is 0.400. The van der Waals surface area contributed by atoms with E-state index in [4.69, 9.17) is 0 Å². The number of nitrogens with one attached hydrogen (secondary N) is 2. The van der Waals surface area contributed by atoms with Crippen LogP contribution in [-0.2, 0) is 0 Å². The molecule has 0 unspecified atom stereocenters. The van der Waals surface area contributed by atoms with Crippen LogP contribution in [0.25, 0.3) is 0 Å². The van der Waals surface area contributed by atoms with E-state index in [2.05, 4.69) is 20.5 Å². The maximum atomic E-state index is 12.2. The predicted octanol–water partition coefficient (Wildman–Crippen LogP) is 2.55. The average Bonchev–Trinajstić information content (AvgIpc) is 2.90. The van der Waals surface area contributed by atoms with E-state index < -0.39 is 0 Å². The zero-order chi connectivity index (χ0) is 15.6. The molecular formula is C15H21N5O. The highest BCUT2D eigenvalue weighted by Gasteiger charge is 2.15. The van der Waals surface area contributed by atoms with Gasteiger partial charge in [-0.15, -0.1) is 5.10 Å². The highest BCUT2D eigenvalue weighted by Crippen LogP contribution is 2.21. The number of hydrogen-bond acceptors (Lipinski definition) is 4. The summed E-state index contributed by atoms with van der Waals surface area (Å²) in [4.78, 5) is 18.4. The Bertz CT molecular complexity index is 645. The SMILES string of the molecule is Cc1cc(N(C)C)ccc1NC(=O)c1n[nH]c(C(C)C)n1. The zero-order valence-corrected chi connectivity index (χ0v) is 13.1. The molecule has 2 rings (SSSR count). The summed E-state index contributed by atoms with van der Waals surface area (Å²) < 4.78 is 0. The molecule has 0 aliphatic carbocycles. The number of H-pyrrole nitrogens is 1. The van der Waals surface area contributed by atoms with Crippen LogP contribution >= 0.6 is 0 Å². The lowest BCUT2D eigenvalue weighted by Gasteiger charge is -2.15. The third-order valence-corrected chi connectivity index (χ3v) is 3.23. The standard InChI is InChI=1S/C15H21N5O/c1-9(2)13-17-14(19-18-13)15(21)16-12-7-6-11(20(4)5)8-10(12)3/h6-9H,1-5H3,(H,16,21)(H,17,18,19). The van der Waals surface area contributed by atoms with Crippen LogP contribution in [0.1, 0.15) is 41.8 Å². The Balaban J connectivity index is 2.15. The summed E-state index contributed by atoms with van der Waals surface area (Å²) >= 11 is 0. The van der Waals surface area contributed by atoms with Crippen LogP contribution in [0, 0.1) is 6.92 Å². The number of anilines is 2. The Morgan fingerprint density at radius 3 is 2.57 bits per heavy atom. The minimum absolute atomic E-state index is 0.162. The second kappa shape index (κ2) is 5.95. The number of carbonyl (C=O) groups excluding carboxylic acids is 1. The molecule has 6 nitrogen and oxygen atoms in total. The molecule has 1 heterocycles. The molecule has 0 aliphatic rings. The highest BCUT2D eigenvalue weighted by molar-refractivity contribution is 6.02. The molecule has 21 heavy (non-hydrogen) atoms. The number of hydrogen-bond donors (Lipinski definition) is 2. The predicted molar refractivity (Wildman–Crippen MR) is 83.9 cm³/mol. The Morgan fingerprint density at radius 2 is 2.05 bits per heavy atom. The van der Waals surface area contributed by atoms with Gasteiger partial charge in [0.05, 0.1) is 0 Å². The molecule has 0 radical (unpaired) electrons. The van der Waals surface area contributed by atoms with Gasteiger partial charge in [-0.2, -0.15) is 0 Å². The lowest BCUT2D eigenvalue weighted by atomic mass is 10.1. The van der Waals surface area contributed by atoms with Gasteiger partial charge in [-0.05, 0) is 30.7 Å². The molecule has 6 heteroatoms. The number of aromatic nitrogens is 3. The van der Waals surface area contributed by atoms with Gasteiger partial charge in [0.2, 0.25) is 5.82 Å². The van der Waals surface area contributed by atoms with E-state index in [1.165, 1.54) is 0 Å². The molecule has 0 fully saturated rings. The Labute approximate surface area is 124 Å². The maximum Gasteiger partial charge on any atom is 0.295 e. The van der Waals surface area contributed by atoms with Gasteiger partial charge in [0.15, 0.2) is 0 Å². The molecule has 0 saturated carbocycles. The summed E-state index contributed by atoms with van der Waals surface area (Å²) in [7, 11) is 3.96. The van der Waals surface area contributed by atoms with Crippen molar-refractivity contribution in [3.63, 3.8) is 0 Å². The summed E-state index contributed by atoms with van der Waals surface area (Å²) in [5.74, 6) is 0.772. The number of benzene rings is 1. The summed E-state index contributed by atoms with van der Waals surface area (Å²) in [6.07, 6.45) is 0. The van der Waals surface area contributed by atoms with Gasteiger partial charge in [0.1, 0.15) is 5.82 Å². The molecule has 0 spiro atoms. The summed E-state index contributed by atoms with van der Waals surface area (Å²) in [5.41, 5.74) is 2.85. The van der Waals surface area contributed by atoms with Crippen molar-refractivity contribution in [1.82, 2.24) is 15.2 Å². The average molecular weight is 287 g/mol. The minimum atomic E-state index is -0.307. The number of aromatic amines is 1. The molecule has 1 aromatic heterocycles. The first-order valence-corrected chi connectivity index (χ1v) is 6.90. The van der Waals surface area contributed by atoms with Crippen molar-refractivity contribution in [3.8, 4) is 0 Å². The summed E-state index contributed by atoms with van der Waals surface area (Å²) in [6, 6.07) is 5.87. The van der Waals surface area contributed by atoms with E-state index in [1.54, 1.807) is 0 Å². The molecule has 0 atom stereocenters. The van der Waals surface area contributed by atoms with Crippen LogP contribution in [0.3, 0.4) is 0 Å². The lowest BCUT2D eigenvalue weighted by molar-refractivity contribution is 0.101. The highest BCUT2D eigenvalue weighted by atomic mass is 16.2. The molecule has 1 aromatic carbocycles. The van der Waals surface area contributed by atoms with Crippen LogP contribution in [0.4, 0.5) is 11.4 Å². The van der Waals surface area contributed by atoms with Gasteiger partial charge in [-0.3, -0.25) is 9.89 Å². The normalized spacial score (nSPS) is 10.8.